The summed E-state index contributed by atoms with van der Waals surface area (Å²) in [5.74, 6) is 0. The molecule has 0 bridgehead atoms. The van der Waals surface area contributed by atoms with E-state index in [4.69, 9.17) is 10.5 Å². The minimum atomic E-state index is 0.390. The number of hydrogen-bond donors (Lipinski definition) is 1. The minimum Gasteiger partial charge on any atom is -0.399 e. The highest BCUT2D eigenvalue weighted by atomic mass is 16.5. The maximum absolute atomic E-state index is 5.67. The Kier molecular flexibility index (Phi) is 5.29. The van der Waals surface area contributed by atoms with Gasteiger partial charge in [-0.2, -0.15) is 0 Å². The van der Waals surface area contributed by atoms with Gasteiger partial charge < -0.3 is 10.5 Å². The van der Waals surface area contributed by atoms with Crippen molar-refractivity contribution in [2.75, 3.05) is 32.5 Å². The summed E-state index contributed by atoms with van der Waals surface area (Å²) in [6.07, 6.45) is 0. The fourth-order valence-electron chi connectivity index (χ4n) is 1.58. The summed E-state index contributed by atoms with van der Waals surface area (Å²) < 4.78 is 5.35. The summed E-state index contributed by atoms with van der Waals surface area (Å²) in [5, 5.41) is 0. The largest absolute Gasteiger partial charge is 0.399 e. The van der Waals surface area contributed by atoms with E-state index < -0.39 is 0 Å². The van der Waals surface area contributed by atoms with Gasteiger partial charge >= 0.3 is 0 Å². The smallest absolute Gasteiger partial charge is 0.0593 e. The Labute approximate surface area is 98.2 Å². The fraction of sp³-hybridized carbons (Fsp3) is 0.538. The lowest BCUT2D eigenvalue weighted by Gasteiger charge is -2.24. The first-order chi connectivity index (χ1) is 7.65. The number of ether oxygens (including phenoxy) is 1. The first-order valence-corrected chi connectivity index (χ1v) is 5.78. The van der Waals surface area contributed by atoms with Gasteiger partial charge in [0.05, 0.1) is 6.61 Å². The Balaban J connectivity index is 2.49. The van der Waals surface area contributed by atoms with Crippen LogP contribution in [0.25, 0.3) is 0 Å². The van der Waals surface area contributed by atoms with E-state index in [1.54, 1.807) is 0 Å². The molecule has 0 aliphatic carbocycles. The standard InChI is InChI=1S/C13H22N2O/c1-4-16-10-9-15(3)11(2)12-5-7-13(14)8-6-12/h5-8,11H,4,9-10,14H2,1-3H3. The highest BCUT2D eigenvalue weighted by Gasteiger charge is 2.10. The molecule has 0 aromatic heterocycles. The van der Waals surface area contributed by atoms with E-state index in [9.17, 15) is 0 Å². The van der Waals surface area contributed by atoms with Gasteiger partial charge in [0.1, 0.15) is 0 Å². The number of nitrogens with zero attached hydrogens (tertiary/aromatic N) is 1. The third-order valence-corrected chi connectivity index (χ3v) is 2.87. The predicted molar refractivity (Wildman–Crippen MR) is 68.4 cm³/mol. The van der Waals surface area contributed by atoms with Crippen molar-refractivity contribution in [2.45, 2.75) is 19.9 Å². The van der Waals surface area contributed by atoms with Crippen LogP contribution in [-0.4, -0.2) is 31.7 Å². The zero-order valence-electron chi connectivity index (χ0n) is 10.4. The van der Waals surface area contributed by atoms with E-state index in [2.05, 4.69) is 31.0 Å². The Morgan fingerprint density at radius 3 is 2.50 bits per heavy atom. The van der Waals surface area contributed by atoms with Gasteiger partial charge in [0, 0.05) is 24.9 Å². The summed E-state index contributed by atoms with van der Waals surface area (Å²) in [5.41, 5.74) is 7.77. The van der Waals surface area contributed by atoms with E-state index in [-0.39, 0.29) is 0 Å². The Morgan fingerprint density at radius 2 is 1.94 bits per heavy atom. The van der Waals surface area contributed by atoms with Crippen LogP contribution in [0.15, 0.2) is 24.3 Å². The molecular weight excluding hydrogens is 200 g/mol. The molecule has 0 spiro atoms. The number of rotatable bonds is 6. The Morgan fingerprint density at radius 1 is 1.31 bits per heavy atom. The molecule has 0 saturated heterocycles. The summed E-state index contributed by atoms with van der Waals surface area (Å²) >= 11 is 0. The zero-order chi connectivity index (χ0) is 12.0. The molecule has 1 unspecified atom stereocenters. The van der Waals surface area contributed by atoms with Gasteiger partial charge in [-0.05, 0) is 38.6 Å². The van der Waals surface area contributed by atoms with E-state index in [1.807, 2.05) is 19.1 Å². The van der Waals surface area contributed by atoms with Crippen LogP contribution in [-0.2, 0) is 4.74 Å². The minimum absolute atomic E-state index is 0.390. The van der Waals surface area contributed by atoms with Crippen molar-refractivity contribution in [3.05, 3.63) is 29.8 Å². The molecule has 0 aliphatic heterocycles. The lowest BCUT2D eigenvalue weighted by atomic mass is 10.1. The van der Waals surface area contributed by atoms with E-state index in [0.29, 0.717) is 6.04 Å². The molecule has 1 aromatic rings. The van der Waals surface area contributed by atoms with Crippen LogP contribution in [0.4, 0.5) is 5.69 Å². The first kappa shape index (κ1) is 13.0. The second-order valence-corrected chi connectivity index (χ2v) is 4.02. The molecular formula is C13H22N2O. The molecule has 1 atom stereocenters. The zero-order valence-corrected chi connectivity index (χ0v) is 10.4. The average molecular weight is 222 g/mol. The highest BCUT2D eigenvalue weighted by molar-refractivity contribution is 5.39. The second kappa shape index (κ2) is 6.51. The molecule has 3 heteroatoms. The van der Waals surface area contributed by atoms with Crippen LogP contribution in [0, 0.1) is 0 Å². The summed E-state index contributed by atoms with van der Waals surface area (Å²) in [4.78, 5) is 2.28. The summed E-state index contributed by atoms with van der Waals surface area (Å²) in [7, 11) is 2.11. The number of benzene rings is 1. The molecule has 0 amide bonds. The molecule has 0 radical (unpaired) electrons. The molecule has 1 aromatic carbocycles. The van der Waals surface area contributed by atoms with Crippen LogP contribution in [0.5, 0.6) is 0 Å². The quantitative estimate of drug-likeness (QED) is 0.593. The van der Waals surface area contributed by atoms with Crippen molar-refractivity contribution in [1.29, 1.82) is 0 Å². The summed E-state index contributed by atoms with van der Waals surface area (Å²) in [6.45, 7) is 6.72. The third-order valence-electron chi connectivity index (χ3n) is 2.87. The first-order valence-electron chi connectivity index (χ1n) is 5.78. The normalized spacial score (nSPS) is 13.0. The number of hydrogen-bond acceptors (Lipinski definition) is 3. The van der Waals surface area contributed by atoms with Gasteiger partial charge in [-0.15, -0.1) is 0 Å². The average Bonchev–Trinajstić information content (AvgIpc) is 2.29. The number of nitrogen functional groups attached to an aromatic ring is 1. The lowest BCUT2D eigenvalue weighted by molar-refractivity contribution is 0.110. The van der Waals surface area contributed by atoms with Crippen molar-refractivity contribution in [2.24, 2.45) is 0 Å². The van der Waals surface area contributed by atoms with Gasteiger partial charge in [-0.3, -0.25) is 4.90 Å². The molecule has 90 valence electrons. The fourth-order valence-corrected chi connectivity index (χ4v) is 1.58. The maximum atomic E-state index is 5.67. The molecule has 0 heterocycles. The molecule has 0 fully saturated rings. The van der Waals surface area contributed by atoms with Gasteiger partial charge in [0.15, 0.2) is 0 Å². The Hall–Kier alpha value is -1.06. The van der Waals surface area contributed by atoms with Gasteiger partial charge in [0.2, 0.25) is 0 Å². The van der Waals surface area contributed by atoms with Crippen LogP contribution >= 0.6 is 0 Å². The van der Waals surface area contributed by atoms with Crippen molar-refractivity contribution >= 4 is 5.69 Å². The van der Waals surface area contributed by atoms with Crippen molar-refractivity contribution in [1.82, 2.24) is 4.90 Å². The van der Waals surface area contributed by atoms with Gasteiger partial charge in [-0.1, -0.05) is 12.1 Å². The van der Waals surface area contributed by atoms with Crippen LogP contribution < -0.4 is 5.73 Å². The van der Waals surface area contributed by atoms with E-state index in [0.717, 1.165) is 25.4 Å². The van der Waals surface area contributed by atoms with Crippen molar-refractivity contribution < 1.29 is 4.74 Å². The SMILES string of the molecule is CCOCCN(C)C(C)c1ccc(N)cc1. The highest BCUT2D eigenvalue weighted by Crippen LogP contribution is 2.19. The lowest BCUT2D eigenvalue weighted by Crippen LogP contribution is -2.26. The van der Waals surface area contributed by atoms with Crippen molar-refractivity contribution in [3.63, 3.8) is 0 Å². The molecule has 16 heavy (non-hydrogen) atoms. The van der Waals surface area contributed by atoms with E-state index in [1.165, 1.54) is 5.56 Å². The topological polar surface area (TPSA) is 38.5 Å². The second-order valence-electron chi connectivity index (χ2n) is 4.02. The predicted octanol–water partition coefficient (Wildman–Crippen LogP) is 2.30. The Bertz CT molecular complexity index is 297. The van der Waals surface area contributed by atoms with Gasteiger partial charge in [0.25, 0.3) is 0 Å². The van der Waals surface area contributed by atoms with E-state index >= 15 is 0 Å². The molecule has 0 aliphatic rings. The van der Waals surface area contributed by atoms with Gasteiger partial charge in [-0.25, -0.2) is 0 Å². The number of likely N-dealkylation sites (N-methyl/N-ethyl adjacent to an activating group) is 1. The molecule has 1 rings (SSSR count). The van der Waals surface area contributed by atoms with Crippen LogP contribution in [0.2, 0.25) is 0 Å². The molecule has 2 N–H and O–H groups in total. The number of nitrogens with two attached hydrogens (primary N) is 1. The summed E-state index contributed by atoms with van der Waals surface area (Å²) in [6, 6.07) is 8.44. The van der Waals surface area contributed by atoms with Crippen molar-refractivity contribution in [3.8, 4) is 0 Å². The van der Waals surface area contributed by atoms with Crippen LogP contribution in [0.3, 0.4) is 0 Å². The molecule has 3 nitrogen and oxygen atoms in total. The number of anilines is 1. The monoisotopic (exact) mass is 222 g/mol. The molecule has 0 saturated carbocycles. The third kappa shape index (κ3) is 3.83. The maximum Gasteiger partial charge on any atom is 0.0593 e. The van der Waals surface area contributed by atoms with Crippen LogP contribution in [0.1, 0.15) is 25.5 Å².